The van der Waals surface area contributed by atoms with Gasteiger partial charge in [0.2, 0.25) is 0 Å². The summed E-state index contributed by atoms with van der Waals surface area (Å²) in [6.07, 6.45) is -3.10. The van der Waals surface area contributed by atoms with Crippen LogP contribution in [0.4, 0.5) is 29.3 Å². The lowest BCUT2D eigenvalue weighted by molar-refractivity contribution is -0.138. The van der Waals surface area contributed by atoms with Gasteiger partial charge in [0, 0.05) is 30.6 Å². The minimum atomic E-state index is -4.52. The number of hydrogen-bond donors (Lipinski definition) is 2. The van der Waals surface area contributed by atoms with Crippen molar-refractivity contribution in [2.75, 3.05) is 10.6 Å². The number of carbonyl (C=O) groups excluding carboxylic acids is 1. The molecule has 3 aromatic carbocycles. The van der Waals surface area contributed by atoms with Crippen LogP contribution in [-0.2, 0) is 13.2 Å². The topological polar surface area (TPSA) is 85.3 Å². The van der Waals surface area contributed by atoms with Gasteiger partial charge in [-0.1, -0.05) is 12.1 Å². The number of halogens is 3. The number of fused-ring (bicyclic) bond motifs is 1. The van der Waals surface area contributed by atoms with E-state index in [1.54, 1.807) is 43.4 Å². The Morgan fingerprint density at radius 2 is 1.60 bits per heavy atom. The first-order chi connectivity index (χ1) is 16.5. The lowest BCUT2D eigenvalue weighted by Crippen LogP contribution is -2.20. The second-order valence-corrected chi connectivity index (χ2v) is 8.03. The third-order valence-electron chi connectivity index (χ3n) is 5.36. The maximum Gasteiger partial charge on any atom is 0.416 e. The van der Waals surface area contributed by atoms with Gasteiger partial charge >= 0.3 is 12.2 Å². The number of aromatic nitrogens is 2. The molecule has 180 valence electrons. The Balaban J connectivity index is 1.51. The van der Waals surface area contributed by atoms with Gasteiger partial charge in [0.15, 0.2) is 0 Å². The van der Waals surface area contributed by atoms with Gasteiger partial charge in [-0.15, -0.1) is 0 Å². The summed E-state index contributed by atoms with van der Waals surface area (Å²) in [5.74, 6) is 0.892. The van der Waals surface area contributed by atoms with Crippen LogP contribution in [0.15, 0.2) is 65.7 Å². The monoisotopic (exact) mass is 482 g/mol. The first-order valence-electron chi connectivity index (χ1n) is 10.5. The normalized spacial score (nSPS) is 11.4. The quantitative estimate of drug-likeness (QED) is 0.373. The molecule has 1 heterocycles. The van der Waals surface area contributed by atoms with Crippen molar-refractivity contribution >= 4 is 28.3 Å². The van der Waals surface area contributed by atoms with Crippen molar-refractivity contribution in [1.29, 1.82) is 0 Å². The molecule has 1 aromatic heterocycles. The summed E-state index contributed by atoms with van der Waals surface area (Å²) in [5.41, 5.74) is 0.718. The summed E-state index contributed by atoms with van der Waals surface area (Å²) in [6, 6.07) is 12.7. The van der Waals surface area contributed by atoms with E-state index >= 15 is 0 Å². The zero-order chi connectivity index (χ0) is 25.3. The fourth-order valence-corrected chi connectivity index (χ4v) is 3.47. The molecule has 0 aliphatic heterocycles. The van der Waals surface area contributed by atoms with Crippen molar-refractivity contribution in [1.82, 2.24) is 9.55 Å². The summed E-state index contributed by atoms with van der Waals surface area (Å²) in [7, 11) is 1.62. The summed E-state index contributed by atoms with van der Waals surface area (Å²) in [4.78, 5) is 28.8. The van der Waals surface area contributed by atoms with Gasteiger partial charge < -0.3 is 19.9 Å². The number of aryl methyl sites for hydroxylation is 3. The van der Waals surface area contributed by atoms with Crippen LogP contribution in [-0.4, -0.2) is 15.6 Å². The maximum atomic E-state index is 13.1. The van der Waals surface area contributed by atoms with Crippen molar-refractivity contribution in [3.05, 3.63) is 88.0 Å². The highest BCUT2D eigenvalue weighted by molar-refractivity contribution is 6.00. The molecule has 0 unspecified atom stereocenters. The SMILES string of the molecule is Cc1ccc(NC(=O)Nc2ccc(C)c(C(F)(F)F)c2)cc1Oc1ccc2c(=O)n(C)cnc2c1. The van der Waals surface area contributed by atoms with Gasteiger partial charge in [-0.2, -0.15) is 13.2 Å². The van der Waals surface area contributed by atoms with Crippen molar-refractivity contribution in [2.24, 2.45) is 7.05 Å². The van der Waals surface area contributed by atoms with Crippen LogP contribution in [0.5, 0.6) is 11.5 Å². The minimum absolute atomic E-state index is 0.0128. The molecule has 0 aliphatic carbocycles. The maximum absolute atomic E-state index is 13.1. The van der Waals surface area contributed by atoms with Crippen LogP contribution in [0.1, 0.15) is 16.7 Å². The number of nitrogens with zero attached hydrogens (tertiary/aromatic N) is 2. The molecule has 4 aromatic rings. The highest BCUT2D eigenvalue weighted by Gasteiger charge is 2.32. The third kappa shape index (κ3) is 5.26. The van der Waals surface area contributed by atoms with Crippen molar-refractivity contribution in [3.8, 4) is 11.5 Å². The van der Waals surface area contributed by atoms with Gasteiger partial charge in [0.05, 0.1) is 22.8 Å². The average Bonchev–Trinajstić information content (AvgIpc) is 2.79. The van der Waals surface area contributed by atoms with Gasteiger partial charge in [-0.05, 0) is 55.3 Å². The van der Waals surface area contributed by atoms with Crippen LogP contribution in [0.2, 0.25) is 0 Å². The zero-order valence-corrected chi connectivity index (χ0v) is 19.0. The lowest BCUT2D eigenvalue weighted by Gasteiger charge is -2.14. The molecular formula is C25H21F3N4O3. The summed E-state index contributed by atoms with van der Waals surface area (Å²) in [5, 5.41) is 5.46. The Morgan fingerprint density at radius 1 is 0.943 bits per heavy atom. The minimum Gasteiger partial charge on any atom is -0.457 e. The molecule has 0 atom stereocenters. The van der Waals surface area contributed by atoms with Gasteiger partial charge in [0.1, 0.15) is 11.5 Å². The van der Waals surface area contributed by atoms with Gasteiger partial charge in [0.25, 0.3) is 5.56 Å². The largest absolute Gasteiger partial charge is 0.457 e. The van der Waals surface area contributed by atoms with Crippen LogP contribution in [0, 0.1) is 13.8 Å². The second-order valence-electron chi connectivity index (χ2n) is 8.03. The Bertz CT molecular complexity index is 1500. The Kier molecular flexibility index (Phi) is 6.21. The van der Waals surface area contributed by atoms with Crippen molar-refractivity contribution in [2.45, 2.75) is 20.0 Å². The average molecular weight is 482 g/mol. The van der Waals surface area contributed by atoms with E-state index in [9.17, 15) is 22.8 Å². The number of rotatable bonds is 4. The number of amides is 2. The molecule has 0 spiro atoms. The van der Waals surface area contributed by atoms with E-state index < -0.39 is 17.8 Å². The molecule has 0 saturated carbocycles. The third-order valence-corrected chi connectivity index (χ3v) is 5.36. The summed E-state index contributed by atoms with van der Waals surface area (Å²) < 4.78 is 46.7. The first-order valence-corrected chi connectivity index (χ1v) is 10.5. The molecule has 0 aliphatic rings. The molecule has 2 amide bonds. The molecular weight excluding hydrogens is 461 g/mol. The van der Waals surface area contributed by atoms with E-state index in [1.807, 2.05) is 6.92 Å². The van der Waals surface area contributed by atoms with E-state index in [0.717, 1.165) is 11.6 Å². The molecule has 35 heavy (non-hydrogen) atoms. The highest BCUT2D eigenvalue weighted by Crippen LogP contribution is 2.34. The predicted octanol–water partition coefficient (Wildman–Crippen LogP) is 6.01. The molecule has 0 saturated heterocycles. The molecule has 10 heteroatoms. The van der Waals surface area contributed by atoms with Crippen LogP contribution < -0.4 is 20.9 Å². The Morgan fingerprint density at radius 3 is 2.29 bits per heavy atom. The number of benzene rings is 3. The highest BCUT2D eigenvalue weighted by atomic mass is 19.4. The fraction of sp³-hybridized carbons (Fsp3) is 0.160. The lowest BCUT2D eigenvalue weighted by atomic mass is 10.1. The van der Waals surface area contributed by atoms with Crippen molar-refractivity contribution in [3.63, 3.8) is 0 Å². The molecule has 0 fully saturated rings. The van der Waals surface area contributed by atoms with Gasteiger partial charge in [-0.3, -0.25) is 4.79 Å². The predicted molar refractivity (Wildman–Crippen MR) is 127 cm³/mol. The zero-order valence-electron chi connectivity index (χ0n) is 19.0. The number of hydrogen-bond acceptors (Lipinski definition) is 4. The van der Waals surface area contributed by atoms with E-state index in [4.69, 9.17) is 4.74 Å². The number of nitrogens with one attached hydrogen (secondary N) is 2. The van der Waals surface area contributed by atoms with E-state index in [-0.39, 0.29) is 16.8 Å². The number of ether oxygens (including phenoxy) is 1. The summed E-state index contributed by atoms with van der Waals surface area (Å²) >= 11 is 0. The Labute approximate surface area is 198 Å². The number of anilines is 2. The molecule has 7 nitrogen and oxygen atoms in total. The smallest absolute Gasteiger partial charge is 0.416 e. The second kappa shape index (κ2) is 9.13. The van der Waals surface area contributed by atoms with E-state index in [0.29, 0.717) is 28.1 Å². The van der Waals surface area contributed by atoms with Gasteiger partial charge in [-0.25, -0.2) is 9.78 Å². The molecule has 4 rings (SSSR count). The number of urea groups is 1. The fourth-order valence-electron chi connectivity index (χ4n) is 3.47. The Hall–Kier alpha value is -4.34. The number of alkyl halides is 3. The van der Waals surface area contributed by atoms with Crippen LogP contribution in [0.3, 0.4) is 0 Å². The van der Waals surface area contributed by atoms with E-state index in [1.165, 1.54) is 30.0 Å². The summed E-state index contributed by atoms with van der Waals surface area (Å²) in [6.45, 7) is 3.17. The van der Waals surface area contributed by atoms with Crippen LogP contribution in [0.25, 0.3) is 10.9 Å². The standard InChI is InChI=1S/C25H21F3N4O3/c1-14-4-6-16(10-20(14)25(26,27)28)30-24(34)31-17-7-5-15(2)22(11-17)35-18-8-9-19-21(12-18)29-13-32(3)23(19)33/h4-13H,1-3H3,(H2,30,31,34). The molecule has 0 bridgehead atoms. The van der Waals surface area contributed by atoms with Crippen LogP contribution >= 0.6 is 0 Å². The molecule has 0 radical (unpaired) electrons. The van der Waals surface area contributed by atoms with E-state index in [2.05, 4.69) is 15.6 Å². The first kappa shape index (κ1) is 23.8. The molecule has 2 N–H and O–H groups in total. The number of carbonyl (C=O) groups is 1. The van der Waals surface area contributed by atoms with Crippen molar-refractivity contribution < 1.29 is 22.7 Å².